The third kappa shape index (κ3) is 7.07. The van der Waals surface area contributed by atoms with Crippen molar-refractivity contribution in [3.05, 3.63) is 70.3 Å². The van der Waals surface area contributed by atoms with Gasteiger partial charge in [-0.15, -0.1) is 0 Å². The van der Waals surface area contributed by atoms with Crippen LogP contribution in [0.2, 0.25) is 5.02 Å². The highest BCUT2D eigenvalue weighted by Gasteiger charge is 2.39. The summed E-state index contributed by atoms with van der Waals surface area (Å²) >= 11 is 6.39. The average Bonchev–Trinajstić information content (AvgIpc) is 2.92. The lowest BCUT2D eigenvalue weighted by Gasteiger charge is -2.43. The summed E-state index contributed by atoms with van der Waals surface area (Å²) in [5.41, 5.74) is 3.60. The molecule has 1 aliphatic carbocycles. The van der Waals surface area contributed by atoms with Gasteiger partial charge in [0.05, 0.1) is 12.3 Å². The zero-order valence-corrected chi connectivity index (χ0v) is 24.4. The predicted octanol–water partition coefficient (Wildman–Crippen LogP) is 6.66. The molecule has 40 heavy (non-hydrogen) atoms. The first-order chi connectivity index (χ1) is 19.4. The Hall–Kier alpha value is -2.84. The Morgan fingerprint density at radius 2 is 2.00 bits per heavy atom. The molecule has 5 rings (SSSR count). The van der Waals surface area contributed by atoms with E-state index in [4.69, 9.17) is 21.1 Å². The molecule has 0 saturated heterocycles. The van der Waals surface area contributed by atoms with Crippen LogP contribution < -0.4 is 9.64 Å². The molecule has 2 aromatic carbocycles. The molecule has 3 aliphatic rings. The Bertz CT molecular complexity index is 1370. The Morgan fingerprint density at radius 1 is 1.12 bits per heavy atom. The first kappa shape index (κ1) is 28.7. The van der Waals surface area contributed by atoms with Crippen LogP contribution in [0.15, 0.2) is 52.9 Å². The van der Waals surface area contributed by atoms with Gasteiger partial charge in [0.2, 0.25) is 0 Å². The Labute approximate surface area is 243 Å². The van der Waals surface area contributed by atoms with Gasteiger partial charge in [-0.3, -0.25) is 9.59 Å². The number of allylic oxidation sites excluding steroid dienone is 1. The van der Waals surface area contributed by atoms with E-state index < -0.39 is 16.5 Å². The van der Waals surface area contributed by atoms with Gasteiger partial charge >= 0.3 is 5.97 Å². The predicted molar refractivity (Wildman–Crippen MR) is 157 cm³/mol. The van der Waals surface area contributed by atoms with Crippen molar-refractivity contribution in [3.63, 3.8) is 0 Å². The lowest BCUT2D eigenvalue weighted by molar-refractivity contribution is -0.149. The number of amides is 1. The Kier molecular flexibility index (Phi) is 9.48. The maximum atomic E-state index is 13.1. The molecule has 2 aromatic rings. The van der Waals surface area contributed by atoms with Crippen LogP contribution >= 0.6 is 11.6 Å². The van der Waals surface area contributed by atoms with Gasteiger partial charge in [0.15, 0.2) is 0 Å². The first-order valence-electron chi connectivity index (χ1n) is 14.1. The number of hydrogen-bond donors (Lipinski definition) is 0. The minimum atomic E-state index is -1.62. The van der Waals surface area contributed by atoms with E-state index in [1.807, 2.05) is 30.4 Å². The number of esters is 1. The molecule has 0 spiro atoms. The van der Waals surface area contributed by atoms with Gasteiger partial charge in [0.25, 0.3) is 5.91 Å². The smallest absolute Gasteiger partial charge is 0.303 e. The van der Waals surface area contributed by atoms with E-state index in [0.717, 1.165) is 42.8 Å². The van der Waals surface area contributed by atoms with Gasteiger partial charge in [-0.25, -0.2) is 0 Å². The second-order valence-corrected chi connectivity index (χ2v) is 12.5. The quantitative estimate of drug-likeness (QED) is 0.212. The average molecular weight is 584 g/mol. The number of fused-ring (bicyclic) bond motifs is 3. The zero-order chi connectivity index (χ0) is 28.1. The number of carbonyl (C=O) groups is 2. The Morgan fingerprint density at radius 3 is 2.80 bits per heavy atom. The lowest BCUT2D eigenvalue weighted by Crippen LogP contribution is -2.44. The molecule has 2 bridgehead atoms. The highest BCUT2D eigenvalue weighted by Crippen LogP contribution is 2.42. The summed E-state index contributed by atoms with van der Waals surface area (Å²) in [6.07, 6.45) is 9.72. The van der Waals surface area contributed by atoms with E-state index in [1.165, 1.54) is 18.1 Å². The van der Waals surface area contributed by atoms with Crippen LogP contribution in [-0.4, -0.2) is 36.9 Å². The number of benzene rings is 2. The standard InChI is InChI=1S/C31H36ClN2O5S/c1-21(35)39-29-8-3-2-6-16-40(37)33-31(36)23-11-14-30-28(18-23)34(20-25-10-13-27(25)29)19-24-9-12-26(32)17-22(24)7-4-5-15-38-30/h3,8-9,11-12,14,17-18,25,27,29H,2,4-7,10,13,15-16,19-20H2,1H3/q-1. The highest BCUT2D eigenvalue weighted by molar-refractivity contribution is 7.75. The molecule has 1 fully saturated rings. The van der Waals surface area contributed by atoms with Gasteiger partial charge in [-0.1, -0.05) is 35.9 Å². The van der Waals surface area contributed by atoms with Crippen LogP contribution in [0.5, 0.6) is 5.75 Å². The van der Waals surface area contributed by atoms with Gasteiger partial charge in [-0.2, -0.15) is 10.6 Å². The fourth-order valence-corrected chi connectivity index (χ4v) is 6.79. The lowest BCUT2D eigenvalue weighted by atomic mass is 9.70. The van der Waals surface area contributed by atoms with Crippen molar-refractivity contribution < 1.29 is 23.3 Å². The summed E-state index contributed by atoms with van der Waals surface area (Å²) in [4.78, 5) is 27.3. The molecule has 0 radical (unpaired) electrons. The number of anilines is 1. The van der Waals surface area contributed by atoms with Crippen LogP contribution in [0.1, 0.15) is 66.9 Å². The topological polar surface area (TPSA) is 85.3 Å². The minimum absolute atomic E-state index is 0.189. The van der Waals surface area contributed by atoms with Crippen molar-refractivity contribution in [1.82, 2.24) is 0 Å². The molecule has 9 heteroatoms. The number of hydrogen-bond acceptors (Lipinski definition) is 7. The van der Waals surface area contributed by atoms with E-state index in [2.05, 4.69) is 21.4 Å². The SMILES string of the molecule is CC(=O)OC1C=CCCC[S-](=O)=NC(=O)c2ccc3c(c2)N(Cc2ccc(Cl)cc2CCCCO3)CC2CCC21. The summed E-state index contributed by atoms with van der Waals surface area (Å²) in [6.45, 7) is 3.33. The number of rotatable bonds is 1. The summed E-state index contributed by atoms with van der Waals surface area (Å²) in [5, 5.41) is 0.718. The summed E-state index contributed by atoms with van der Waals surface area (Å²) < 4.78 is 28.6. The summed E-state index contributed by atoms with van der Waals surface area (Å²) in [5.74, 6) is 0.698. The minimum Gasteiger partial charge on any atom is -0.491 e. The number of aryl methyl sites for hydroxylation is 1. The number of nitrogens with zero attached hydrogens (tertiary/aromatic N) is 2. The molecule has 7 nitrogen and oxygen atoms in total. The van der Waals surface area contributed by atoms with E-state index >= 15 is 0 Å². The van der Waals surface area contributed by atoms with Crippen LogP contribution in [0.25, 0.3) is 0 Å². The monoisotopic (exact) mass is 583 g/mol. The van der Waals surface area contributed by atoms with E-state index in [-0.39, 0.29) is 23.9 Å². The summed E-state index contributed by atoms with van der Waals surface area (Å²) in [7, 11) is -1.62. The van der Waals surface area contributed by atoms with Gasteiger partial charge in [0.1, 0.15) is 11.9 Å². The van der Waals surface area contributed by atoms with E-state index in [9.17, 15) is 13.8 Å². The molecule has 2 aliphatic heterocycles. The van der Waals surface area contributed by atoms with Crippen LogP contribution in [0.4, 0.5) is 5.69 Å². The van der Waals surface area contributed by atoms with E-state index in [0.29, 0.717) is 49.6 Å². The van der Waals surface area contributed by atoms with Gasteiger partial charge in [-0.05, 0) is 92.0 Å². The molecule has 1 amide bonds. The third-order valence-electron chi connectivity index (χ3n) is 8.03. The van der Waals surface area contributed by atoms with Crippen molar-refractivity contribution in [2.75, 3.05) is 23.8 Å². The number of ether oxygens (including phenoxy) is 2. The normalized spacial score (nSPS) is 24.3. The highest BCUT2D eigenvalue weighted by atomic mass is 35.5. The van der Waals surface area contributed by atoms with E-state index in [1.54, 1.807) is 6.07 Å². The molecule has 214 valence electrons. The second kappa shape index (κ2) is 13.2. The molecule has 3 atom stereocenters. The molecule has 1 saturated carbocycles. The molecular weight excluding hydrogens is 548 g/mol. The van der Waals surface area contributed by atoms with Gasteiger partial charge < -0.3 is 22.9 Å². The maximum Gasteiger partial charge on any atom is 0.303 e. The first-order valence-corrected chi connectivity index (χ1v) is 15.8. The second-order valence-electron chi connectivity index (χ2n) is 10.8. The molecule has 0 aromatic heterocycles. The molecular formula is C31H36ClN2O5S-. The van der Waals surface area contributed by atoms with Crippen LogP contribution in [0, 0.1) is 11.8 Å². The number of carbonyl (C=O) groups excluding carboxylic acids is 2. The van der Waals surface area contributed by atoms with Crippen molar-refractivity contribution in [2.24, 2.45) is 16.2 Å². The van der Waals surface area contributed by atoms with Crippen molar-refractivity contribution in [3.8, 4) is 5.75 Å². The van der Waals surface area contributed by atoms with Crippen molar-refractivity contribution in [1.29, 1.82) is 0 Å². The molecule has 2 heterocycles. The molecule has 3 unspecified atom stereocenters. The number of halogens is 1. The largest absolute Gasteiger partial charge is 0.491 e. The Balaban J connectivity index is 1.59. The van der Waals surface area contributed by atoms with Crippen LogP contribution in [0.3, 0.4) is 0 Å². The maximum absolute atomic E-state index is 13.1. The molecule has 0 N–H and O–H groups in total. The van der Waals surface area contributed by atoms with Crippen molar-refractivity contribution >= 4 is 39.8 Å². The van der Waals surface area contributed by atoms with Gasteiger partial charge in [0, 0.05) is 36.5 Å². The fraction of sp³-hybridized carbons (Fsp3) is 0.484. The fourth-order valence-electron chi connectivity index (χ4n) is 5.80. The zero-order valence-electron chi connectivity index (χ0n) is 22.9. The summed E-state index contributed by atoms with van der Waals surface area (Å²) in [6, 6.07) is 11.4. The van der Waals surface area contributed by atoms with Crippen molar-refractivity contribution in [2.45, 2.75) is 64.5 Å². The third-order valence-corrected chi connectivity index (χ3v) is 9.27. The van der Waals surface area contributed by atoms with Crippen LogP contribution in [-0.2, 0) is 37.3 Å².